The highest BCUT2D eigenvalue weighted by Crippen LogP contribution is 2.45. The molecule has 2 aliphatic rings. The van der Waals surface area contributed by atoms with Crippen LogP contribution in [-0.4, -0.2) is 29.7 Å². The molecule has 1 atom stereocenters. The lowest BCUT2D eigenvalue weighted by atomic mass is 9.77. The van der Waals surface area contributed by atoms with Gasteiger partial charge in [-0.3, -0.25) is 9.59 Å². The molecule has 5 rings (SSSR count). The number of carbonyl (C=O) groups excluding carboxylic acids is 2. The number of allylic oxidation sites excluding steroid dienone is 3. The van der Waals surface area contributed by atoms with Gasteiger partial charge in [-0.15, -0.1) is 0 Å². The van der Waals surface area contributed by atoms with Crippen LogP contribution in [0.25, 0.3) is 10.8 Å². The Labute approximate surface area is 218 Å². The molecule has 3 N–H and O–H groups in total. The van der Waals surface area contributed by atoms with Crippen molar-refractivity contribution in [2.24, 2.45) is 0 Å². The fourth-order valence-electron chi connectivity index (χ4n) is 4.90. The van der Waals surface area contributed by atoms with Gasteiger partial charge in [0.05, 0.1) is 35.5 Å². The minimum absolute atomic E-state index is 0.00343. The lowest BCUT2D eigenvalue weighted by Crippen LogP contribution is -2.31. The van der Waals surface area contributed by atoms with Gasteiger partial charge >= 0.3 is 0 Å². The number of hydrogen-bond acceptors (Lipinski definition) is 7. The molecule has 3 aromatic carbocycles. The Morgan fingerprint density at radius 2 is 2.00 bits per heavy atom. The van der Waals surface area contributed by atoms with Gasteiger partial charge in [-0.2, -0.15) is 5.26 Å². The van der Waals surface area contributed by atoms with Crippen molar-refractivity contribution in [2.75, 3.05) is 18.2 Å². The molecule has 1 unspecified atom stereocenters. The second kappa shape index (κ2) is 10.4. The Bertz CT molecular complexity index is 1510. The van der Waals surface area contributed by atoms with Crippen molar-refractivity contribution < 1.29 is 19.4 Å². The van der Waals surface area contributed by atoms with Gasteiger partial charge in [0, 0.05) is 28.8 Å². The zero-order chi connectivity index (χ0) is 25.9. The van der Waals surface area contributed by atoms with Crippen molar-refractivity contribution in [1.82, 2.24) is 5.32 Å². The van der Waals surface area contributed by atoms with Crippen molar-refractivity contribution >= 4 is 39.9 Å². The minimum atomic E-state index is -0.604. The molecule has 0 saturated carbocycles. The van der Waals surface area contributed by atoms with Gasteiger partial charge in [0.25, 0.3) is 0 Å². The number of nitriles is 1. The third kappa shape index (κ3) is 4.78. The number of ketones is 1. The van der Waals surface area contributed by atoms with Gasteiger partial charge in [-0.05, 0) is 42.0 Å². The average molecular weight is 512 g/mol. The fourth-order valence-corrected chi connectivity index (χ4v) is 5.76. The summed E-state index contributed by atoms with van der Waals surface area (Å²) in [6.45, 7) is 0. The zero-order valence-electron chi connectivity index (χ0n) is 20.2. The third-order valence-electron chi connectivity index (χ3n) is 6.61. The van der Waals surface area contributed by atoms with Crippen molar-refractivity contribution in [1.29, 1.82) is 5.26 Å². The van der Waals surface area contributed by atoms with Crippen LogP contribution < -0.4 is 15.4 Å². The van der Waals surface area contributed by atoms with Crippen LogP contribution in [0.5, 0.6) is 11.5 Å². The smallest absolute Gasteiger partial charge is 0.234 e. The molecule has 1 heterocycles. The summed E-state index contributed by atoms with van der Waals surface area (Å²) in [5.41, 5.74) is 3.12. The Morgan fingerprint density at radius 1 is 1.19 bits per heavy atom. The topological polar surface area (TPSA) is 111 Å². The van der Waals surface area contributed by atoms with Gasteiger partial charge in [0.1, 0.15) is 0 Å². The van der Waals surface area contributed by atoms with Crippen molar-refractivity contribution in [2.45, 2.75) is 25.2 Å². The van der Waals surface area contributed by atoms with E-state index in [0.717, 1.165) is 28.6 Å². The number of amides is 1. The van der Waals surface area contributed by atoms with Crippen LogP contribution in [0, 0.1) is 11.3 Å². The maximum Gasteiger partial charge on any atom is 0.234 e. The van der Waals surface area contributed by atoms with E-state index in [1.54, 1.807) is 12.1 Å². The SMILES string of the molecule is COc1cc(C2C(C#N)=C(SCC(=O)Nc3cccc4ccccc34)NC3=C2C(=O)CCC3)ccc1O. The Morgan fingerprint density at radius 3 is 2.81 bits per heavy atom. The highest BCUT2D eigenvalue weighted by molar-refractivity contribution is 8.03. The Hall–Kier alpha value is -4.22. The van der Waals surface area contributed by atoms with Crippen molar-refractivity contribution in [3.63, 3.8) is 0 Å². The minimum Gasteiger partial charge on any atom is -0.504 e. The maximum atomic E-state index is 13.0. The summed E-state index contributed by atoms with van der Waals surface area (Å²) < 4.78 is 5.28. The zero-order valence-corrected chi connectivity index (χ0v) is 21.0. The summed E-state index contributed by atoms with van der Waals surface area (Å²) in [6.07, 6.45) is 1.82. The molecule has 0 bridgehead atoms. The quantitative estimate of drug-likeness (QED) is 0.409. The molecule has 3 aromatic rings. The van der Waals surface area contributed by atoms with Crippen LogP contribution >= 0.6 is 11.8 Å². The van der Waals surface area contributed by atoms with Crippen LogP contribution in [0.2, 0.25) is 0 Å². The first-order valence-corrected chi connectivity index (χ1v) is 12.9. The van der Waals surface area contributed by atoms with Crippen LogP contribution in [0.15, 0.2) is 82.5 Å². The van der Waals surface area contributed by atoms with Crippen LogP contribution in [-0.2, 0) is 9.59 Å². The molecular weight excluding hydrogens is 486 g/mol. The first-order valence-electron chi connectivity index (χ1n) is 11.9. The van der Waals surface area contributed by atoms with E-state index in [4.69, 9.17) is 4.74 Å². The molecule has 0 saturated heterocycles. The number of phenolic OH excluding ortho intramolecular Hbond substituents is 1. The van der Waals surface area contributed by atoms with Gasteiger partial charge in [-0.1, -0.05) is 54.2 Å². The number of carbonyl (C=O) groups is 2. The number of ether oxygens (including phenoxy) is 1. The number of anilines is 1. The number of Topliss-reactive ketones (excluding diaryl/α,β-unsaturated/α-hetero) is 1. The maximum absolute atomic E-state index is 13.0. The van der Waals surface area contributed by atoms with E-state index in [2.05, 4.69) is 16.7 Å². The normalized spacial score (nSPS) is 17.2. The summed E-state index contributed by atoms with van der Waals surface area (Å²) in [4.78, 5) is 25.9. The van der Waals surface area contributed by atoms with E-state index >= 15 is 0 Å². The van der Waals surface area contributed by atoms with Crippen LogP contribution in [0.4, 0.5) is 5.69 Å². The number of rotatable bonds is 6. The number of dihydropyridines is 1. The molecule has 186 valence electrons. The Balaban J connectivity index is 1.44. The number of thioether (sulfide) groups is 1. The predicted molar refractivity (Wildman–Crippen MR) is 144 cm³/mol. The number of nitrogens with one attached hydrogen (secondary N) is 2. The van der Waals surface area contributed by atoms with Crippen LogP contribution in [0.3, 0.4) is 0 Å². The summed E-state index contributed by atoms with van der Waals surface area (Å²) in [5.74, 6) is -0.480. The average Bonchev–Trinajstić information content (AvgIpc) is 2.92. The van der Waals surface area contributed by atoms with Gasteiger partial charge in [0.2, 0.25) is 5.91 Å². The monoisotopic (exact) mass is 511 g/mol. The summed E-state index contributed by atoms with van der Waals surface area (Å²) in [5, 5.41) is 29.1. The Kier molecular flexibility index (Phi) is 6.89. The number of benzene rings is 3. The molecule has 0 spiro atoms. The number of aromatic hydroxyl groups is 1. The molecule has 7 nitrogen and oxygen atoms in total. The molecule has 1 aliphatic heterocycles. The van der Waals surface area contributed by atoms with Crippen molar-refractivity contribution in [3.05, 3.63) is 88.1 Å². The number of hydrogen-bond donors (Lipinski definition) is 3. The number of methoxy groups -OCH3 is 1. The van der Waals surface area contributed by atoms with Gasteiger partial charge in [0.15, 0.2) is 17.3 Å². The lowest BCUT2D eigenvalue weighted by molar-refractivity contribution is -0.116. The highest BCUT2D eigenvalue weighted by Gasteiger charge is 2.37. The molecule has 37 heavy (non-hydrogen) atoms. The van der Waals surface area contributed by atoms with Crippen LogP contribution in [0.1, 0.15) is 30.7 Å². The molecule has 0 aromatic heterocycles. The number of phenols is 1. The van der Waals surface area contributed by atoms with Gasteiger partial charge in [-0.25, -0.2) is 0 Å². The largest absolute Gasteiger partial charge is 0.504 e. The molecule has 1 amide bonds. The third-order valence-corrected chi connectivity index (χ3v) is 7.63. The number of fused-ring (bicyclic) bond motifs is 1. The second-order valence-corrected chi connectivity index (χ2v) is 9.86. The summed E-state index contributed by atoms with van der Waals surface area (Å²) in [7, 11) is 1.45. The van der Waals surface area contributed by atoms with Gasteiger partial charge < -0.3 is 20.5 Å². The first kappa shape index (κ1) is 24.5. The van der Waals surface area contributed by atoms with E-state index in [1.807, 2.05) is 42.5 Å². The van der Waals surface area contributed by atoms with E-state index in [1.165, 1.54) is 24.9 Å². The highest BCUT2D eigenvalue weighted by atomic mass is 32.2. The van der Waals surface area contributed by atoms with E-state index < -0.39 is 5.92 Å². The molecule has 1 aliphatic carbocycles. The first-order chi connectivity index (χ1) is 18.0. The predicted octanol–water partition coefficient (Wildman–Crippen LogP) is 5.35. The standard InChI is InChI=1S/C29H25N3O4S/c1-36-25-14-18(12-13-23(25)33)27-20(15-30)29(32-22-10-5-11-24(34)28(22)27)37-16-26(35)31-21-9-4-7-17-6-2-3-8-19(17)21/h2-4,6-9,12-14,27,32-33H,5,10-11,16H2,1H3,(H,31,35). The molecular formula is C29H25N3O4S. The second-order valence-electron chi connectivity index (χ2n) is 8.88. The van der Waals surface area contributed by atoms with Crippen molar-refractivity contribution in [3.8, 4) is 17.6 Å². The molecule has 0 radical (unpaired) electrons. The van der Waals surface area contributed by atoms with E-state index in [0.29, 0.717) is 34.6 Å². The summed E-state index contributed by atoms with van der Waals surface area (Å²) in [6, 6.07) is 20.7. The van der Waals surface area contributed by atoms with E-state index in [9.17, 15) is 20.0 Å². The molecule has 8 heteroatoms. The van der Waals surface area contributed by atoms with E-state index in [-0.39, 0.29) is 28.9 Å². The summed E-state index contributed by atoms with van der Waals surface area (Å²) >= 11 is 1.24. The number of nitrogens with zero attached hydrogens (tertiary/aromatic N) is 1. The lowest BCUT2D eigenvalue weighted by Gasteiger charge is -2.33. The fraction of sp³-hybridized carbons (Fsp3) is 0.207. The molecule has 0 fully saturated rings.